The fourth-order valence-corrected chi connectivity index (χ4v) is 5.18. The van der Waals surface area contributed by atoms with Gasteiger partial charge in [0.1, 0.15) is 5.01 Å². The Bertz CT molecular complexity index is 652. The summed E-state index contributed by atoms with van der Waals surface area (Å²) in [7, 11) is -3.56. The van der Waals surface area contributed by atoms with Crippen LogP contribution in [0.3, 0.4) is 0 Å². The van der Waals surface area contributed by atoms with Crippen molar-refractivity contribution in [2.45, 2.75) is 44.4 Å². The molecule has 9 heteroatoms. The maximum atomic E-state index is 12.1. The molecule has 1 atom stereocenters. The third-order valence-electron chi connectivity index (χ3n) is 4.29. The minimum atomic E-state index is -3.56. The number of anilines is 1. The summed E-state index contributed by atoms with van der Waals surface area (Å²) in [4.78, 5) is 13.6. The average molecular weight is 344 g/mol. The Morgan fingerprint density at radius 1 is 1.23 bits per heavy atom. The van der Waals surface area contributed by atoms with Crippen LogP contribution in [0.25, 0.3) is 0 Å². The third-order valence-corrected chi connectivity index (χ3v) is 6.33. The SMILES string of the molecule is NS(=O)(=O)CC1CC(=O)N(c2nnc(C3CCCCC3)s2)C1. The number of sulfonamides is 1. The molecular formula is C13H20N4O3S2. The van der Waals surface area contributed by atoms with Gasteiger partial charge >= 0.3 is 0 Å². The molecule has 22 heavy (non-hydrogen) atoms. The average Bonchev–Trinajstić information content (AvgIpc) is 3.05. The molecule has 1 aliphatic heterocycles. The highest BCUT2D eigenvalue weighted by atomic mass is 32.2. The molecule has 1 aromatic rings. The second-order valence-corrected chi connectivity index (χ2v) is 8.81. The quantitative estimate of drug-likeness (QED) is 0.884. The van der Waals surface area contributed by atoms with Crippen LogP contribution in [0.4, 0.5) is 5.13 Å². The minimum Gasteiger partial charge on any atom is -0.286 e. The summed E-state index contributed by atoms with van der Waals surface area (Å²) in [6.45, 7) is 0.356. The fraction of sp³-hybridized carbons (Fsp3) is 0.769. The molecule has 1 saturated carbocycles. The smallest absolute Gasteiger partial charge is 0.229 e. The van der Waals surface area contributed by atoms with Crippen LogP contribution in [-0.2, 0) is 14.8 Å². The topological polar surface area (TPSA) is 106 Å². The zero-order chi connectivity index (χ0) is 15.7. The van der Waals surface area contributed by atoms with Crippen LogP contribution < -0.4 is 10.0 Å². The van der Waals surface area contributed by atoms with Crippen LogP contribution >= 0.6 is 11.3 Å². The van der Waals surface area contributed by atoms with Gasteiger partial charge in [-0.25, -0.2) is 13.6 Å². The highest BCUT2D eigenvalue weighted by Crippen LogP contribution is 2.37. The van der Waals surface area contributed by atoms with Gasteiger partial charge in [0, 0.05) is 24.8 Å². The van der Waals surface area contributed by atoms with Gasteiger partial charge in [0.25, 0.3) is 0 Å². The van der Waals surface area contributed by atoms with Crippen molar-refractivity contribution in [2.24, 2.45) is 11.1 Å². The summed E-state index contributed by atoms with van der Waals surface area (Å²) in [5.41, 5.74) is 0. The van der Waals surface area contributed by atoms with Gasteiger partial charge in [-0.3, -0.25) is 9.69 Å². The maximum absolute atomic E-state index is 12.1. The predicted molar refractivity (Wildman–Crippen MR) is 84.2 cm³/mol. The van der Waals surface area contributed by atoms with Crippen molar-refractivity contribution in [3.63, 3.8) is 0 Å². The zero-order valence-corrected chi connectivity index (χ0v) is 13.9. The van der Waals surface area contributed by atoms with Crippen LogP contribution in [-0.4, -0.2) is 36.8 Å². The summed E-state index contributed by atoms with van der Waals surface area (Å²) >= 11 is 1.46. The molecule has 1 aromatic heterocycles. The van der Waals surface area contributed by atoms with Crippen molar-refractivity contribution in [2.75, 3.05) is 17.2 Å². The lowest BCUT2D eigenvalue weighted by Crippen LogP contribution is -2.27. The molecule has 1 aliphatic carbocycles. The Morgan fingerprint density at radius 3 is 2.64 bits per heavy atom. The first kappa shape index (κ1) is 15.8. The molecule has 2 fully saturated rings. The van der Waals surface area contributed by atoms with Gasteiger partial charge in [0.2, 0.25) is 21.1 Å². The maximum Gasteiger partial charge on any atom is 0.229 e. The van der Waals surface area contributed by atoms with Crippen LogP contribution in [0.1, 0.15) is 49.5 Å². The van der Waals surface area contributed by atoms with E-state index in [0.29, 0.717) is 17.6 Å². The summed E-state index contributed by atoms with van der Waals surface area (Å²) in [5.74, 6) is -0.0637. The van der Waals surface area contributed by atoms with E-state index in [1.807, 2.05) is 0 Å². The Kier molecular flexibility index (Phi) is 4.47. The molecule has 3 rings (SSSR count). The lowest BCUT2D eigenvalue weighted by molar-refractivity contribution is -0.117. The Morgan fingerprint density at radius 2 is 1.95 bits per heavy atom. The normalized spacial score (nSPS) is 24.1. The van der Waals surface area contributed by atoms with Gasteiger partial charge < -0.3 is 0 Å². The number of carbonyl (C=O) groups is 1. The van der Waals surface area contributed by atoms with Crippen LogP contribution in [0, 0.1) is 5.92 Å². The number of rotatable bonds is 4. The number of carbonyl (C=O) groups excluding carboxylic acids is 1. The van der Waals surface area contributed by atoms with E-state index in [-0.39, 0.29) is 24.0 Å². The number of primary sulfonamides is 1. The predicted octanol–water partition coefficient (Wildman–Crippen LogP) is 1.23. The molecule has 1 saturated heterocycles. The first-order valence-electron chi connectivity index (χ1n) is 7.56. The first-order chi connectivity index (χ1) is 10.4. The summed E-state index contributed by atoms with van der Waals surface area (Å²) in [6.07, 6.45) is 6.20. The minimum absolute atomic E-state index is 0.0972. The molecule has 0 spiro atoms. The van der Waals surface area contributed by atoms with Gasteiger partial charge in [-0.2, -0.15) is 0 Å². The van der Waals surface area contributed by atoms with Gasteiger partial charge in [0.15, 0.2) is 0 Å². The Labute approximate surface area is 134 Å². The van der Waals surface area contributed by atoms with E-state index in [2.05, 4.69) is 10.2 Å². The Hall–Kier alpha value is -1.06. The Balaban J connectivity index is 1.69. The molecular weight excluding hydrogens is 324 g/mol. The van der Waals surface area contributed by atoms with Crippen molar-refractivity contribution in [1.29, 1.82) is 0 Å². The van der Waals surface area contributed by atoms with Gasteiger partial charge in [0.05, 0.1) is 5.75 Å². The number of hydrogen-bond acceptors (Lipinski definition) is 6. The molecule has 2 aliphatic rings. The molecule has 7 nitrogen and oxygen atoms in total. The molecule has 122 valence electrons. The molecule has 1 unspecified atom stereocenters. The molecule has 2 N–H and O–H groups in total. The van der Waals surface area contributed by atoms with Crippen molar-refractivity contribution in [3.05, 3.63) is 5.01 Å². The standard InChI is InChI=1S/C13H20N4O3S2/c14-22(19,20)8-9-6-11(18)17(7-9)13-16-15-12(21-13)10-4-2-1-3-5-10/h9-10H,1-8H2,(H2,14,19,20). The molecule has 2 heterocycles. The van der Waals surface area contributed by atoms with E-state index >= 15 is 0 Å². The highest BCUT2D eigenvalue weighted by molar-refractivity contribution is 7.89. The van der Waals surface area contributed by atoms with Gasteiger partial charge in [-0.15, -0.1) is 10.2 Å². The van der Waals surface area contributed by atoms with Crippen molar-refractivity contribution in [1.82, 2.24) is 10.2 Å². The van der Waals surface area contributed by atoms with Gasteiger partial charge in [-0.1, -0.05) is 30.6 Å². The number of hydrogen-bond donors (Lipinski definition) is 1. The largest absolute Gasteiger partial charge is 0.286 e. The highest BCUT2D eigenvalue weighted by Gasteiger charge is 2.35. The van der Waals surface area contributed by atoms with Crippen LogP contribution in [0.15, 0.2) is 0 Å². The fourth-order valence-electron chi connectivity index (χ4n) is 3.26. The van der Waals surface area contributed by atoms with Crippen LogP contribution in [0.5, 0.6) is 0 Å². The number of aromatic nitrogens is 2. The van der Waals surface area contributed by atoms with E-state index in [0.717, 1.165) is 17.8 Å². The molecule has 1 amide bonds. The van der Waals surface area contributed by atoms with E-state index in [9.17, 15) is 13.2 Å². The summed E-state index contributed by atoms with van der Waals surface area (Å²) in [5, 5.41) is 15.0. The summed E-state index contributed by atoms with van der Waals surface area (Å²) < 4.78 is 22.3. The lowest BCUT2D eigenvalue weighted by Gasteiger charge is -2.18. The monoisotopic (exact) mass is 344 g/mol. The second kappa shape index (κ2) is 6.21. The van der Waals surface area contributed by atoms with Gasteiger partial charge in [-0.05, 0) is 12.8 Å². The molecule has 0 radical (unpaired) electrons. The lowest BCUT2D eigenvalue weighted by atomic mass is 9.90. The second-order valence-electron chi connectivity index (χ2n) is 6.16. The van der Waals surface area contributed by atoms with E-state index in [1.54, 1.807) is 4.90 Å². The number of nitrogens with zero attached hydrogens (tertiary/aromatic N) is 3. The number of amides is 1. The van der Waals surface area contributed by atoms with Crippen molar-refractivity contribution in [3.8, 4) is 0 Å². The molecule has 0 bridgehead atoms. The van der Waals surface area contributed by atoms with Crippen molar-refractivity contribution < 1.29 is 13.2 Å². The van der Waals surface area contributed by atoms with E-state index in [1.165, 1.54) is 30.6 Å². The summed E-state index contributed by atoms with van der Waals surface area (Å²) in [6, 6.07) is 0. The first-order valence-corrected chi connectivity index (χ1v) is 10.1. The van der Waals surface area contributed by atoms with Crippen LogP contribution in [0.2, 0.25) is 0 Å². The molecule has 0 aromatic carbocycles. The van der Waals surface area contributed by atoms with E-state index < -0.39 is 10.0 Å². The third kappa shape index (κ3) is 3.64. The van der Waals surface area contributed by atoms with Crippen molar-refractivity contribution >= 4 is 32.4 Å². The zero-order valence-electron chi connectivity index (χ0n) is 12.3. The van der Waals surface area contributed by atoms with E-state index in [4.69, 9.17) is 5.14 Å². The number of nitrogens with two attached hydrogens (primary N) is 1.